The Labute approximate surface area is 199 Å². The molecule has 2 aromatic heterocycles. The van der Waals surface area contributed by atoms with Gasteiger partial charge in [-0.3, -0.25) is 4.79 Å². The number of carbonyl (C=O) groups is 1. The van der Waals surface area contributed by atoms with Crippen LogP contribution in [0.4, 0.5) is 14.9 Å². The first-order chi connectivity index (χ1) is 16.1. The SMILES string of the molecule is COc1ccc2[nH]c(=O)n(-c3ccc(NC(=O)NS(=O)(=O)c4ccc(Cl)s4)cc3F)c(=O)c2c1. The van der Waals surface area contributed by atoms with E-state index in [9.17, 15) is 27.2 Å². The van der Waals surface area contributed by atoms with Crippen molar-refractivity contribution in [1.29, 1.82) is 0 Å². The normalized spacial score (nSPS) is 11.4. The molecule has 0 saturated heterocycles. The number of thiophene rings is 1. The third-order valence-electron chi connectivity index (χ3n) is 4.59. The number of amides is 2. The van der Waals surface area contributed by atoms with Crippen LogP contribution in [0.25, 0.3) is 16.6 Å². The number of fused-ring (bicyclic) bond motifs is 1. The number of anilines is 1. The van der Waals surface area contributed by atoms with Crippen LogP contribution in [0.15, 0.2) is 62.3 Å². The Bertz CT molecular complexity index is 1660. The van der Waals surface area contributed by atoms with Gasteiger partial charge in [0, 0.05) is 5.69 Å². The van der Waals surface area contributed by atoms with E-state index >= 15 is 0 Å². The number of nitrogens with one attached hydrogen (secondary N) is 3. The van der Waals surface area contributed by atoms with Gasteiger partial charge in [-0.25, -0.2) is 31.7 Å². The largest absolute Gasteiger partial charge is 0.497 e. The van der Waals surface area contributed by atoms with Gasteiger partial charge in [-0.2, -0.15) is 0 Å². The van der Waals surface area contributed by atoms with Crippen molar-refractivity contribution in [2.75, 3.05) is 12.4 Å². The second-order valence-electron chi connectivity index (χ2n) is 6.77. The number of methoxy groups -OCH3 is 1. The summed E-state index contributed by atoms with van der Waals surface area (Å²) in [5, 5.41) is 2.28. The molecule has 2 amide bonds. The molecule has 0 spiro atoms. The number of ether oxygens (including phenoxy) is 1. The summed E-state index contributed by atoms with van der Waals surface area (Å²) in [7, 11) is -2.77. The molecule has 0 aliphatic heterocycles. The third-order valence-corrected chi connectivity index (χ3v) is 7.65. The van der Waals surface area contributed by atoms with Gasteiger partial charge in [0.1, 0.15) is 15.8 Å². The number of hydrogen-bond acceptors (Lipinski definition) is 7. The minimum Gasteiger partial charge on any atom is -0.497 e. The monoisotopic (exact) mass is 524 g/mol. The second kappa shape index (κ2) is 8.93. The predicted molar refractivity (Wildman–Crippen MR) is 125 cm³/mol. The van der Waals surface area contributed by atoms with Crippen LogP contribution in [-0.2, 0) is 10.0 Å². The van der Waals surface area contributed by atoms with E-state index in [2.05, 4.69) is 10.3 Å². The smallest absolute Gasteiger partial charge is 0.333 e. The van der Waals surface area contributed by atoms with Crippen molar-refractivity contribution in [2.24, 2.45) is 0 Å². The Morgan fingerprint density at radius 2 is 1.91 bits per heavy atom. The number of halogens is 2. The fraction of sp³-hybridized carbons (Fsp3) is 0.0500. The molecule has 0 aliphatic carbocycles. The van der Waals surface area contributed by atoms with Crippen molar-refractivity contribution in [3.8, 4) is 11.4 Å². The molecule has 176 valence electrons. The van der Waals surface area contributed by atoms with Crippen LogP contribution >= 0.6 is 22.9 Å². The van der Waals surface area contributed by atoms with Gasteiger partial charge in [0.15, 0.2) is 0 Å². The van der Waals surface area contributed by atoms with E-state index in [1.165, 1.54) is 37.4 Å². The van der Waals surface area contributed by atoms with E-state index < -0.39 is 33.1 Å². The molecule has 10 nitrogen and oxygen atoms in total. The third kappa shape index (κ3) is 4.53. The van der Waals surface area contributed by atoms with E-state index in [0.717, 1.165) is 23.5 Å². The molecule has 0 saturated carbocycles. The van der Waals surface area contributed by atoms with E-state index in [1.807, 2.05) is 0 Å². The maximum absolute atomic E-state index is 14.9. The zero-order chi connectivity index (χ0) is 24.6. The van der Waals surface area contributed by atoms with Gasteiger partial charge in [0.05, 0.1) is 28.0 Å². The molecule has 2 aromatic carbocycles. The number of urea groups is 1. The van der Waals surface area contributed by atoms with Crippen molar-refractivity contribution in [3.05, 3.63) is 79.5 Å². The highest BCUT2D eigenvalue weighted by Crippen LogP contribution is 2.25. The Morgan fingerprint density at radius 3 is 2.56 bits per heavy atom. The molecule has 0 fully saturated rings. The molecule has 4 rings (SSSR count). The van der Waals surface area contributed by atoms with Crippen LogP contribution in [0, 0.1) is 5.82 Å². The number of aromatic nitrogens is 2. The van der Waals surface area contributed by atoms with E-state index in [0.29, 0.717) is 10.3 Å². The number of sulfonamides is 1. The summed E-state index contributed by atoms with van der Waals surface area (Å²) >= 11 is 6.47. The summed E-state index contributed by atoms with van der Waals surface area (Å²) < 4.78 is 46.8. The molecule has 4 aromatic rings. The van der Waals surface area contributed by atoms with Crippen molar-refractivity contribution >= 4 is 55.6 Å². The highest BCUT2D eigenvalue weighted by Gasteiger charge is 2.20. The number of H-pyrrole nitrogens is 1. The lowest BCUT2D eigenvalue weighted by Gasteiger charge is -2.11. The molecule has 0 bridgehead atoms. The van der Waals surface area contributed by atoms with E-state index in [-0.39, 0.29) is 30.8 Å². The first-order valence-corrected chi connectivity index (χ1v) is 12.0. The molecular weight excluding hydrogens is 511 g/mol. The highest BCUT2D eigenvalue weighted by molar-refractivity contribution is 7.92. The van der Waals surface area contributed by atoms with Crippen molar-refractivity contribution < 1.29 is 22.3 Å². The van der Waals surface area contributed by atoms with Gasteiger partial charge in [-0.1, -0.05) is 11.6 Å². The van der Waals surface area contributed by atoms with Crippen LogP contribution in [0.2, 0.25) is 4.34 Å². The van der Waals surface area contributed by atoms with Gasteiger partial charge < -0.3 is 15.0 Å². The molecule has 14 heteroatoms. The first kappa shape index (κ1) is 23.5. The summed E-state index contributed by atoms with van der Waals surface area (Å²) in [6, 6.07) is 9.03. The Balaban J connectivity index is 1.63. The lowest BCUT2D eigenvalue weighted by Crippen LogP contribution is -2.35. The average molecular weight is 525 g/mol. The summed E-state index contributed by atoms with van der Waals surface area (Å²) in [6.07, 6.45) is 0. The Kier molecular flexibility index (Phi) is 6.17. The summed E-state index contributed by atoms with van der Waals surface area (Å²) in [6.45, 7) is 0. The zero-order valence-electron chi connectivity index (χ0n) is 17.1. The maximum Gasteiger partial charge on any atom is 0.333 e. The molecular formula is C20H14ClFN4O6S2. The van der Waals surface area contributed by atoms with Crippen LogP contribution < -0.4 is 26.0 Å². The number of carbonyl (C=O) groups excluding carboxylic acids is 1. The number of benzene rings is 2. The van der Waals surface area contributed by atoms with E-state index in [4.69, 9.17) is 16.3 Å². The Hall–Kier alpha value is -3.68. The van der Waals surface area contributed by atoms with Gasteiger partial charge >= 0.3 is 11.7 Å². The van der Waals surface area contributed by atoms with Crippen LogP contribution in [0.3, 0.4) is 0 Å². The molecule has 34 heavy (non-hydrogen) atoms. The Morgan fingerprint density at radius 1 is 1.15 bits per heavy atom. The van der Waals surface area contributed by atoms with Crippen molar-refractivity contribution in [1.82, 2.24) is 14.3 Å². The first-order valence-electron chi connectivity index (χ1n) is 9.31. The molecule has 3 N–H and O–H groups in total. The number of rotatable bonds is 5. The minimum absolute atomic E-state index is 0.0961. The minimum atomic E-state index is -4.18. The van der Waals surface area contributed by atoms with Gasteiger partial charge in [0.25, 0.3) is 15.6 Å². The fourth-order valence-corrected chi connectivity index (χ4v) is 5.47. The lowest BCUT2D eigenvalue weighted by molar-refractivity contribution is 0.256. The van der Waals surface area contributed by atoms with Crippen molar-refractivity contribution in [3.63, 3.8) is 0 Å². The summed E-state index contributed by atoms with van der Waals surface area (Å²) in [4.78, 5) is 40.0. The average Bonchev–Trinajstić information content (AvgIpc) is 3.22. The standard InChI is InChI=1S/C20H14ClFN4O6S2/c1-32-11-3-4-14-12(9-11)18(27)26(20(29)24-14)15-5-2-10(8-13(15)22)23-19(28)25-34(30,31)17-7-6-16(21)33-17/h2-9H,1H3,(H,24,29)(H2,23,25,28). The lowest BCUT2D eigenvalue weighted by atomic mass is 10.2. The van der Waals surface area contributed by atoms with Gasteiger partial charge in [-0.05, 0) is 48.5 Å². The highest BCUT2D eigenvalue weighted by atomic mass is 35.5. The number of nitrogens with zero attached hydrogens (tertiary/aromatic N) is 1. The predicted octanol–water partition coefficient (Wildman–Crippen LogP) is 3.05. The quantitative estimate of drug-likeness (QED) is 0.366. The molecule has 0 unspecified atom stereocenters. The van der Waals surface area contributed by atoms with Crippen molar-refractivity contribution in [2.45, 2.75) is 4.21 Å². The van der Waals surface area contributed by atoms with Gasteiger partial charge in [-0.15, -0.1) is 11.3 Å². The number of aromatic amines is 1. The number of hydrogen-bond donors (Lipinski definition) is 3. The van der Waals surface area contributed by atoms with Crippen LogP contribution in [0.5, 0.6) is 5.75 Å². The van der Waals surface area contributed by atoms with E-state index in [1.54, 1.807) is 10.8 Å². The molecule has 0 aliphatic rings. The summed E-state index contributed by atoms with van der Waals surface area (Å²) in [5.41, 5.74) is -1.90. The molecule has 0 atom stereocenters. The molecule has 0 radical (unpaired) electrons. The zero-order valence-corrected chi connectivity index (χ0v) is 19.5. The fourth-order valence-electron chi connectivity index (χ4n) is 3.08. The second-order valence-corrected chi connectivity index (χ2v) is 10.4. The maximum atomic E-state index is 14.9. The topological polar surface area (TPSA) is 139 Å². The van der Waals surface area contributed by atoms with Gasteiger partial charge in [0.2, 0.25) is 0 Å². The van der Waals surface area contributed by atoms with Crippen LogP contribution in [0.1, 0.15) is 0 Å². The molecule has 2 heterocycles. The summed E-state index contributed by atoms with van der Waals surface area (Å²) in [5.74, 6) is -0.644. The van der Waals surface area contributed by atoms with Crippen LogP contribution in [-0.4, -0.2) is 31.1 Å².